The van der Waals surface area contributed by atoms with Gasteiger partial charge < -0.3 is 10.5 Å². The minimum Gasteiger partial charge on any atom is -0.380 e. The average molecular weight is 147 g/mol. The van der Waals surface area contributed by atoms with Crippen molar-refractivity contribution in [1.82, 2.24) is 5.48 Å². The Kier molecular flexibility index (Phi) is 4.61. The Morgan fingerprint density at radius 1 is 1.90 bits per heavy atom. The first kappa shape index (κ1) is 9.19. The molecule has 0 spiro atoms. The van der Waals surface area contributed by atoms with Crippen molar-refractivity contribution in [1.29, 1.82) is 0 Å². The van der Waals surface area contributed by atoms with Gasteiger partial charge >= 0.3 is 0 Å². The second kappa shape index (κ2) is 5.01. The number of guanidine groups is 1. The lowest BCUT2D eigenvalue weighted by Crippen LogP contribution is -2.29. The fourth-order valence-electron chi connectivity index (χ4n) is 0.337. The predicted molar refractivity (Wildman–Crippen MR) is 37.9 cm³/mol. The molecule has 1 atom stereocenters. The average Bonchev–Trinajstić information content (AvgIpc) is 1.99. The Morgan fingerprint density at radius 2 is 2.50 bits per heavy atom. The van der Waals surface area contributed by atoms with Crippen molar-refractivity contribution < 1.29 is 9.94 Å². The monoisotopic (exact) mass is 147 g/mol. The summed E-state index contributed by atoms with van der Waals surface area (Å²) < 4.78 is 4.87. The lowest BCUT2D eigenvalue weighted by atomic mass is 10.4. The molecule has 0 heterocycles. The zero-order valence-corrected chi connectivity index (χ0v) is 6.16. The van der Waals surface area contributed by atoms with E-state index in [-0.39, 0.29) is 12.1 Å². The smallest absolute Gasteiger partial charge is 0.212 e. The molecular formula is C5H13N3O2. The summed E-state index contributed by atoms with van der Waals surface area (Å²) >= 11 is 0. The highest BCUT2D eigenvalue weighted by atomic mass is 16.5. The van der Waals surface area contributed by atoms with Crippen LogP contribution in [0.4, 0.5) is 0 Å². The van der Waals surface area contributed by atoms with E-state index in [1.54, 1.807) is 12.6 Å². The maximum Gasteiger partial charge on any atom is 0.212 e. The molecular weight excluding hydrogens is 134 g/mol. The van der Waals surface area contributed by atoms with Crippen molar-refractivity contribution >= 4 is 5.96 Å². The molecule has 0 fully saturated rings. The maximum absolute atomic E-state index is 8.17. The molecule has 4 N–H and O–H groups in total. The molecule has 0 rings (SSSR count). The predicted octanol–water partition coefficient (Wildman–Crippen LogP) is -0.685. The molecule has 0 aliphatic carbocycles. The van der Waals surface area contributed by atoms with E-state index in [1.807, 2.05) is 6.92 Å². The van der Waals surface area contributed by atoms with Crippen LogP contribution in [0, 0.1) is 0 Å². The van der Waals surface area contributed by atoms with E-state index < -0.39 is 0 Å². The lowest BCUT2D eigenvalue weighted by molar-refractivity contribution is 0.125. The highest BCUT2D eigenvalue weighted by molar-refractivity contribution is 5.76. The standard InChI is InChI=1S/C5H13N3O2/c1-4(10-2)3-7-5(6)8-9/h4,9H,3H2,1-2H3,(H3,6,7,8). The molecule has 5 nitrogen and oxygen atoms in total. The molecule has 10 heavy (non-hydrogen) atoms. The van der Waals surface area contributed by atoms with Crippen molar-refractivity contribution in [2.24, 2.45) is 10.7 Å². The largest absolute Gasteiger partial charge is 0.380 e. The maximum atomic E-state index is 8.17. The van der Waals surface area contributed by atoms with Gasteiger partial charge in [0.15, 0.2) is 0 Å². The van der Waals surface area contributed by atoms with Crippen LogP contribution in [0.2, 0.25) is 0 Å². The summed E-state index contributed by atoms with van der Waals surface area (Å²) in [6.07, 6.45) is 0.0203. The van der Waals surface area contributed by atoms with E-state index in [0.717, 1.165) is 0 Å². The quantitative estimate of drug-likeness (QED) is 0.280. The number of hydroxylamine groups is 1. The Bertz CT molecular complexity index is 115. The number of hydrogen-bond acceptors (Lipinski definition) is 3. The van der Waals surface area contributed by atoms with E-state index in [1.165, 1.54) is 0 Å². The molecule has 0 saturated heterocycles. The molecule has 1 unspecified atom stereocenters. The van der Waals surface area contributed by atoms with Crippen molar-refractivity contribution in [3.63, 3.8) is 0 Å². The number of ether oxygens (including phenoxy) is 1. The van der Waals surface area contributed by atoms with E-state index in [0.29, 0.717) is 6.54 Å². The molecule has 60 valence electrons. The number of nitrogens with one attached hydrogen (secondary N) is 1. The molecule has 0 bridgehead atoms. The molecule has 0 aromatic carbocycles. The van der Waals surface area contributed by atoms with Gasteiger partial charge in [0.2, 0.25) is 5.96 Å². The molecule has 0 aliphatic rings. The number of nitrogens with zero attached hydrogens (tertiary/aromatic N) is 1. The van der Waals surface area contributed by atoms with E-state index >= 15 is 0 Å². The Labute approximate surface area is 59.8 Å². The number of methoxy groups -OCH3 is 1. The van der Waals surface area contributed by atoms with Gasteiger partial charge in [-0.25, -0.2) is 10.5 Å². The normalized spacial score (nSPS) is 14.9. The zero-order chi connectivity index (χ0) is 7.98. The minimum atomic E-state index is 0.00361. The Hall–Kier alpha value is -0.810. The number of rotatable bonds is 3. The number of hydrogen-bond donors (Lipinski definition) is 3. The van der Waals surface area contributed by atoms with Crippen LogP contribution in [0.1, 0.15) is 6.92 Å². The van der Waals surface area contributed by atoms with Gasteiger partial charge in [0.1, 0.15) is 0 Å². The first-order valence-electron chi connectivity index (χ1n) is 2.93. The summed E-state index contributed by atoms with van der Waals surface area (Å²) in [6.45, 7) is 2.30. The van der Waals surface area contributed by atoms with Gasteiger partial charge in [-0.15, -0.1) is 0 Å². The van der Waals surface area contributed by atoms with Gasteiger partial charge in [-0.2, -0.15) is 0 Å². The van der Waals surface area contributed by atoms with E-state index in [2.05, 4.69) is 4.99 Å². The molecule has 0 aliphatic heterocycles. The highest BCUT2D eigenvalue weighted by Crippen LogP contribution is 1.86. The Morgan fingerprint density at radius 3 is 2.90 bits per heavy atom. The molecule has 0 radical (unpaired) electrons. The third-order valence-corrected chi connectivity index (χ3v) is 1.04. The molecule has 0 saturated carbocycles. The van der Waals surface area contributed by atoms with Crippen LogP contribution in [0.3, 0.4) is 0 Å². The van der Waals surface area contributed by atoms with Crippen LogP contribution in [-0.4, -0.2) is 30.9 Å². The van der Waals surface area contributed by atoms with E-state index in [4.69, 9.17) is 15.7 Å². The minimum absolute atomic E-state index is 0.00361. The topological polar surface area (TPSA) is 79.9 Å². The van der Waals surface area contributed by atoms with Crippen molar-refractivity contribution in [3.8, 4) is 0 Å². The van der Waals surface area contributed by atoms with Crippen LogP contribution in [0.5, 0.6) is 0 Å². The SMILES string of the molecule is COC(C)CN=C(N)NO. The van der Waals surface area contributed by atoms with Gasteiger partial charge in [0.05, 0.1) is 12.6 Å². The second-order valence-corrected chi connectivity index (χ2v) is 1.88. The Balaban J connectivity index is 3.50. The zero-order valence-electron chi connectivity index (χ0n) is 6.16. The van der Waals surface area contributed by atoms with Gasteiger partial charge in [0, 0.05) is 7.11 Å². The first-order valence-corrected chi connectivity index (χ1v) is 2.93. The van der Waals surface area contributed by atoms with Crippen LogP contribution in [-0.2, 0) is 4.74 Å². The van der Waals surface area contributed by atoms with Gasteiger partial charge in [-0.3, -0.25) is 5.21 Å². The van der Waals surface area contributed by atoms with Crippen molar-refractivity contribution in [2.75, 3.05) is 13.7 Å². The third-order valence-electron chi connectivity index (χ3n) is 1.04. The number of aliphatic imine (C=N–C) groups is 1. The summed E-state index contributed by atoms with van der Waals surface area (Å²) in [5, 5.41) is 8.17. The van der Waals surface area contributed by atoms with Crippen molar-refractivity contribution in [3.05, 3.63) is 0 Å². The second-order valence-electron chi connectivity index (χ2n) is 1.88. The summed E-state index contributed by atoms with van der Waals surface area (Å²) in [5.41, 5.74) is 6.83. The fraction of sp³-hybridized carbons (Fsp3) is 0.800. The highest BCUT2D eigenvalue weighted by Gasteiger charge is 1.95. The summed E-state index contributed by atoms with van der Waals surface area (Å²) in [6, 6.07) is 0. The van der Waals surface area contributed by atoms with Crippen molar-refractivity contribution in [2.45, 2.75) is 13.0 Å². The van der Waals surface area contributed by atoms with Gasteiger partial charge in [0.25, 0.3) is 0 Å². The van der Waals surface area contributed by atoms with Crippen LogP contribution in [0.25, 0.3) is 0 Å². The molecule has 0 aromatic rings. The summed E-state index contributed by atoms with van der Waals surface area (Å²) in [4.78, 5) is 3.72. The molecule has 0 aromatic heterocycles. The fourth-order valence-corrected chi connectivity index (χ4v) is 0.337. The van der Waals surface area contributed by atoms with Crippen LogP contribution >= 0.6 is 0 Å². The first-order chi connectivity index (χ1) is 4.70. The van der Waals surface area contributed by atoms with Crippen LogP contribution < -0.4 is 11.2 Å². The number of nitrogens with two attached hydrogens (primary N) is 1. The molecule has 0 amide bonds. The van der Waals surface area contributed by atoms with Gasteiger partial charge in [-0.1, -0.05) is 0 Å². The summed E-state index contributed by atoms with van der Waals surface area (Å²) in [5.74, 6) is 0.00361. The van der Waals surface area contributed by atoms with Gasteiger partial charge in [-0.05, 0) is 6.92 Å². The molecule has 5 heteroatoms. The van der Waals surface area contributed by atoms with Crippen LogP contribution in [0.15, 0.2) is 4.99 Å². The lowest BCUT2D eigenvalue weighted by Gasteiger charge is -2.04. The summed E-state index contributed by atoms with van der Waals surface area (Å²) in [7, 11) is 1.59. The third kappa shape index (κ3) is 4.11. The van der Waals surface area contributed by atoms with E-state index in [9.17, 15) is 0 Å².